The van der Waals surface area contributed by atoms with Crippen LogP contribution in [-0.2, 0) is 19.9 Å². The zero-order valence-corrected chi connectivity index (χ0v) is 21.2. The number of carbonyl (C=O) groups excluding carboxylic acids is 4. The van der Waals surface area contributed by atoms with Crippen LogP contribution < -0.4 is 5.32 Å². The summed E-state index contributed by atoms with van der Waals surface area (Å²) in [7, 11) is 0. The first-order valence-corrected chi connectivity index (χ1v) is 12.4. The number of aromatic hydroxyl groups is 1. The Morgan fingerprint density at radius 3 is 2.51 bits per heavy atom. The molecule has 1 aliphatic carbocycles. The fourth-order valence-corrected chi connectivity index (χ4v) is 5.13. The Labute approximate surface area is 214 Å². The molecule has 1 saturated heterocycles. The average molecular weight is 510 g/mol. The fourth-order valence-electron chi connectivity index (χ4n) is 5.13. The molecule has 0 saturated carbocycles. The van der Waals surface area contributed by atoms with E-state index in [-0.39, 0.29) is 51.6 Å². The smallest absolute Gasteiger partial charge is 0.334 e. The number of aryl methyl sites for hydroxylation is 1. The lowest BCUT2D eigenvalue weighted by molar-refractivity contribution is -0.146. The van der Waals surface area contributed by atoms with Crippen LogP contribution in [0, 0.1) is 18.8 Å². The van der Waals surface area contributed by atoms with Crippen LogP contribution in [0.4, 0.5) is 0 Å². The highest BCUT2D eigenvalue weighted by molar-refractivity contribution is 6.17. The molecule has 0 radical (unpaired) electrons. The molecule has 5 atom stereocenters. The number of cyclic esters (lactones) is 1. The predicted octanol–water partition coefficient (Wildman–Crippen LogP) is 2.51. The van der Waals surface area contributed by atoms with Crippen molar-refractivity contribution in [3.8, 4) is 5.75 Å². The van der Waals surface area contributed by atoms with Gasteiger partial charge in [0, 0.05) is 29.2 Å². The van der Waals surface area contributed by atoms with E-state index >= 15 is 0 Å². The molecular weight excluding hydrogens is 478 g/mol. The van der Waals surface area contributed by atoms with Crippen molar-refractivity contribution >= 4 is 23.4 Å². The summed E-state index contributed by atoms with van der Waals surface area (Å²) < 4.78 is 5.49. The van der Waals surface area contributed by atoms with Gasteiger partial charge in [0.15, 0.2) is 11.6 Å². The number of allylic oxidation sites excluding steroid dienone is 2. The predicted molar refractivity (Wildman–Crippen MR) is 133 cm³/mol. The third-order valence-electron chi connectivity index (χ3n) is 7.40. The number of ether oxygens (including phenoxy) is 1. The number of rotatable bonds is 2. The monoisotopic (exact) mass is 509 g/mol. The van der Waals surface area contributed by atoms with E-state index in [9.17, 15) is 34.5 Å². The van der Waals surface area contributed by atoms with Gasteiger partial charge in [0.1, 0.15) is 17.5 Å². The molecule has 2 heterocycles. The Morgan fingerprint density at radius 1 is 1.16 bits per heavy atom. The van der Waals surface area contributed by atoms with E-state index in [1.807, 2.05) is 6.92 Å². The van der Waals surface area contributed by atoms with E-state index < -0.39 is 47.2 Å². The number of esters is 1. The van der Waals surface area contributed by atoms with Crippen molar-refractivity contribution in [3.63, 3.8) is 0 Å². The van der Waals surface area contributed by atoms with Crippen LogP contribution in [0.25, 0.3) is 0 Å². The SMILES string of the molecule is CC[C@@H]1/C=C/[C@H](C(C)O)OC(=O)/C(C)=C\[C@H]2C(=O)NC3=CC(=O)c4c(cc(C)c(O)c4C(=O)CC1)[C@@]32O. The van der Waals surface area contributed by atoms with E-state index in [1.165, 1.54) is 26.0 Å². The number of benzene rings is 1. The number of Topliss-reactive ketones (excluding diaryl/α,β-unsaturated/α-hetero) is 1. The van der Waals surface area contributed by atoms with Crippen LogP contribution in [0.2, 0.25) is 0 Å². The maximum Gasteiger partial charge on any atom is 0.334 e. The number of hydrogen-bond acceptors (Lipinski definition) is 8. The van der Waals surface area contributed by atoms with Gasteiger partial charge in [0.25, 0.3) is 0 Å². The molecule has 2 aliphatic heterocycles. The van der Waals surface area contributed by atoms with E-state index in [0.29, 0.717) is 12.8 Å². The molecule has 9 heteroatoms. The maximum absolute atomic E-state index is 13.4. The molecule has 196 valence electrons. The van der Waals surface area contributed by atoms with Gasteiger partial charge in [-0.2, -0.15) is 0 Å². The van der Waals surface area contributed by atoms with Gasteiger partial charge in [0.2, 0.25) is 5.91 Å². The van der Waals surface area contributed by atoms with Gasteiger partial charge in [-0.25, -0.2) is 4.79 Å². The van der Waals surface area contributed by atoms with Crippen LogP contribution in [0.3, 0.4) is 0 Å². The quantitative estimate of drug-likeness (QED) is 0.351. The second-order valence-corrected chi connectivity index (χ2v) is 9.97. The van der Waals surface area contributed by atoms with Gasteiger partial charge in [-0.3, -0.25) is 14.4 Å². The van der Waals surface area contributed by atoms with E-state index in [0.717, 1.165) is 6.08 Å². The Kier molecular flexibility index (Phi) is 6.96. The number of ketones is 2. The molecule has 1 aromatic carbocycles. The Morgan fingerprint density at radius 2 is 1.86 bits per heavy atom. The first kappa shape index (κ1) is 26.5. The summed E-state index contributed by atoms with van der Waals surface area (Å²) in [6.07, 6.45) is 4.68. The topological polar surface area (TPSA) is 150 Å². The lowest BCUT2D eigenvalue weighted by Crippen LogP contribution is -2.39. The molecule has 0 spiro atoms. The van der Waals surface area contributed by atoms with Gasteiger partial charge in [-0.15, -0.1) is 0 Å². The number of phenols is 1. The van der Waals surface area contributed by atoms with Crippen LogP contribution in [0.15, 0.2) is 41.6 Å². The zero-order chi connectivity index (χ0) is 27.2. The molecule has 1 aromatic rings. The highest BCUT2D eigenvalue weighted by Gasteiger charge is 2.55. The zero-order valence-electron chi connectivity index (χ0n) is 21.2. The Bertz CT molecular complexity index is 1290. The van der Waals surface area contributed by atoms with Crippen LogP contribution in [-0.4, -0.2) is 51.0 Å². The van der Waals surface area contributed by atoms with Crippen molar-refractivity contribution < 1.29 is 39.2 Å². The van der Waals surface area contributed by atoms with Crippen molar-refractivity contribution in [2.45, 2.75) is 64.8 Å². The van der Waals surface area contributed by atoms with Crippen molar-refractivity contribution in [2.75, 3.05) is 0 Å². The van der Waals surface area contributed by atoms with E-state index in [1.54, 1.807) is 19.1 Å². The molecular formula is C28H31NO8. The number of amides is 1. The third kappa shape index (κ3) is 4.42. The summed E-state index contributed by atoms with van der Waals surface area (Å²) in [5.74, 6) is -4.31. The summed E-state index contributed by atoms with van der Waals surface area (Å²) in [6.45, 7) is 6.37. The van der Waals surface area contributed by atoms with Crippen LogP contribution >= 0.6 is 0 Å². The number of nitrogens with one attached hydrogen (secondary N) is 1. The molecule has 4 rings (SSSR count). The molecule has 1 fully saturated rings. The third-order valence-corrected chi connectivity index (χ3v) is 7.40. The van der Waals surface area contributed by atoms with E-state index in [4.69, 9.17) is 4.74 Å². The molecule has 3 aliphatic rings. The van der Waals surface area contributed by atoms with Gasteiger partial charge in [-0.05, 0) is 57.2 Å². The summed E-state index contributed by atoms with van der Waals surface area (Å²) in [5.41, 5.74) is -2.21. The average Bonchev–Trinajstić information content (AvgIpc) is 3.08. The molecule has 1 unspecified atom stereocenters. The van der Waals surface area contributed by atoms with Crippen molar-refractivity contribution in [2.24, 2.45) is 11.8 Å². The molecule has 4 N–H and O–H groups in total. The molecule has 4 bridgehead atoms. The minimum absolute atomic E-state index is 0.00661. The van der Waals surface area contributed by atoms with Crippen molar-refractivity contribution in [1.82, 2.24) is 5.32 Å². The number of phenolic OH excluding ortho intramolecular Hbond substituents is 1. The molecule has 1 amide bonds. The highest BCUT2D eigenvalue weighted by atomic mass is 16.6. The molecule has 9 nitrogen and oxygen atoms in total. The van der Waals surface area contributed by atoms with Gasteiger partial charge in [0.05, 0.1) is 23.3 Å². The van der Waals surface area contributed by atoms with Crippen LogP contribution in [0.5, 0.6) is 5.75 Å². The molecule has 0 aromatic heterocycles. The Balaban J connectivity index is 1.96. The van der Waals surface area contributed by atoms with Gasteiger partial charge >= 0.3 is 5.97 Å². The summed E-state index contributed by atoms with van der Waals surface area (Å²) in [5, 5.41) is 35.5. The summed E-state index contributed by atoms with van der Waals surface area (Å²) in [4.78, 5) is 52.5. The maximum atomic E-state index is 13.4. The normalized spacial score (nSPS) is 31.1. The highest BCUT2D eigenvalue weighted by Crippen LogP contribution is 2.49. The fraction of sp³-hybridized carbons (Fsp3) is 0.429. The van der Waals surface area contributed by atoms with Crippen LogP contribution in [0.1, 0.15) is 71.9 Å². The van der Waals surface area contributed by atoms with Crippen molar-refractivity contribution in [1.29, 1.82) is 0 Å². The largest absolute Gasteiger partial charge is 0.507 e. The lowest BCUT2D eigenvalue weighted by Gasteiger charge is -2.34. The second-order valence-electron chi connectivity index (χ2n) is 9.97. The Hall–Kier alpha value is -3.56. The standard InChI is InChI=1S/C28H31NO8/c1-5-16-6-8-19(31)24-23-17(10-13(2)25(24)33)28(36)18(26(34)29-22(28)12-20(23)32)11-14(3)27(35)37-21(9-7-16)15(4)30/h7,9-12,15-16,18,21,30,33,36H,5-6,8H2,1-4H3,(H,29,34)/b9-7+,14-11-/t15?,16-,18-,21+,28-/m0/s1. The summed E-state index contributed by atoms with van der Waals surface area (Å²) in [6, 6.07) is 1.39. The second kappa shape index (κ2) is 9.72. The first-order valence-electron chi connectivity index (χ1n) is 12.4. The number of aliphatic hydroxyl groups excluding tert-OH is 1. The van der Waals surface area contributed by atoms with Gasteiger partial charge < -0.3 is 25.4 Å². The van der Waals surface area contributed by atoms with Gasteiger partial charge in [-0.1, -0.05) is 19.1 Å². The van der Waals surface area contributed by atoms with E-state index in [2.05, 4.69) is 5.32 Å². The lowest BCUT2D eigenvalue weighted by atomic mass is 9.72. The van der Waals surface area contributed by atoms with Crippen molar-refractivity contribution in [3.05, 3.63) is 63.9 Å². The summed E-state index contributed by atoms with van der Waals surface area (Å²) >= 11 is 0. The minimum Gasteiger partial charge on any atom is -0.507 e. The molecule has 37 heavy (non-hydrogen) atoms. The number of aliphatic hydroxyl groups is 2. The number of carbonyl (C=O) groups is 4. The number of hydrogen-bond donors (Lipinski definition) is 4. The first-order chi connectivity index (χ1) is 17.4. The minimum atomic E-state index is -2.08.